The standard InChI is InChI=1S/C28H44N4O3/c1-4-5-6-7-8-9-10-11-12-13-14-15-16-17-20-29-27-26(32(33)34)28(31-22-30-27)35-25-19-18-23(2)24(3)21-25/h18-19,21-22H,4-17,20H2,1-3H3,(H,29,30,31). The Balaban J connectivity index is 1.64. The van der Waals surface area contributed by atoms with Crippen LogP contribution in [0, 0.1) is 24.0 Å². The predicted octanol–water partition coefficient (Wildman–Crippen LogP) is 8.69. The van der Waals surface area contributed by atoms with Crippen LogP contribution in [0.5, 0.6) is 11.6 Å². The summed E-state index contributed by atoms with van der Waals surface area (Å²) in [6.45, 7) is 6.88. The smallest absolute Gasteiger partial charge is 0.373 e. The third-order valence-corrected chi connectivity index (χ3v) is 6.49. The van der Waals surface area contributed by atoms with Gasteiger partial charge in [0.25, 0.3) is 0 Å². The molecule has 2 aromatic rings. The zero-order valence-electron chi connectivity index (χ0n) is 22.0. The highest BCUT2D eigenvalue weighted by molar-refractivity contribution is 5.61. The SMILES string of the molecule is CCCCCCCCCCCCCCCCNc1ncnc(Oc2ccc(C)c(C)c2)c1[N+](=O)[O-]. The van der Waals surface area contributed by atoms with Crippen molar-refractivity contribution in [1.82, 2.24) is 9.97 Å². The lowest BCUT2D eigenvalue weighted by atomic mass is 10.0. The molecule has 1 aromatic carbocycles. The van der Waals surface area contributed by atoms with Crippen LogP contribution in [0.15, 0.2) is 24.5 Å². The summed E-state index contributed by atoms with van der Waals surface area (Å²) in [7, 11) is 0. The Kier molecular flexibility index (Phi) is 13.7. The molecule has 0 atom stereocenters. The molecule has 0 aliphatic carbocycles. The quantitative estimate of drug-likeness (QED) is 0.122. The second-order valence-corrected chi connectivity index (χ2v) is 9.50. The lowest BCUT2D eigenvalue weighted by Crippen LogP contribution is -2.08. The predicted molar refractivity (Wildman–Crippen MR) is 143 cm³/mol. The van der Waals surface area contributed by atoms with Gasteiger partial charge in [0.15, 0.2) is 0 Å². The number of benzene rings is 1. The van der Waals surface area contributed by atoms with E-state index in [1.165, 1.54) is 83.4 Å². The Bertz CT molecular complexity index is 889. The summed E-state index contributed by atoms with van der Waals surface area (Å²) >= 11 is 0. The van der Waals surface area contributed by atoms with Gasteiger partial charge in [0.05, 0.1) is 4.92 Å². The minimum atomic E-state index is -0.482. The molecule has 0 saturated heterocycles. The zero-order valence-corrected chi connectivity index (χ0v) is 22.0. The summed E-state index contributed by atoms with van der Waals surface area (Å²) in [5.74, 6) is 0.683. The molecule has 0 radical (unpaired) electrons. The first-order valence-corrected chi connectivity index (χ1v) is 13.5. The normalized spacial score (nSPS) is 10.9. The average Bonchev–Trinajstić information content (AvgIpc) is 2.83. The van der Waals surface area contributed by atoms with Crippen LogP contribution >= 0.6 is 0 Å². The molecule has 1 aromatic heterocycles. The van der Waals surface area contributed by atoms with Crippen molar-refractivity contribution < 1.29 is 9.66 Å². The molecule has 2 rings (SSSR count). The molecule has 0 unspecified atom stereocenters. The van der Waals surface area contributed by atoms with Gasteiger partial charge in [0, 0.05) is 6.54 Å². The van der Waals surface area contributed by atoms with Gasteiger partial charge in [0.2, 0.25) is 5.82 Å². The number of aromatic nitrogens is 2. The van der Waals surface area contributed by atoms with Crippen molar-refractivity contribution in [3.8, 4) is 11.6 Å². The summed E-state index contributed by atoms with van der Waals surface area (Å²) in [6.07, 6.45) is 19.5. The average molecular weight is 485 g/mol. The fraction of sp³-hybridized carbons (Fsp3) is 0.643. The Morgan fingerprint density at radius 1 is 0.829 bits per heavy atom. The van der Waals surface area contributed by atoms with Gasteiger partial charge in [-0.05, 0) is 43.5 Å². The molecule has 0 fully saturated rings. The van der Waals surface area contributed by atoms with E-state index in [0.717, 1.165) is 24.0 Å². The van der Waals surface area contributed by atoms with E-state index in [1.807, 2.05) is 26.0 Å². The zero-order chi connectivity index (χ0) is 25.3. The molecule has 35 heavy (non-hydrogen) atoms. The molecule has 1 N–H and O–H groups in total. The molecule has 0 aliphatic heterocycles. The van der Waals surface area contributed by atoms with E-state index >= 15 is 0 Å². The maximum Gasteiger partial charge on any atom is 0.373 e. The molecule has 7 nitrogen and oxygen atoms in total. The summed E-state index contributed by atoms with van der Waals surface area (Å²) in [6, 6.07) is 5.56. The molecule has 1 heterocycles. The number of rotatable bonds is 19. The molecule has 0 aliphatic rings. The highest BCUT2D eigenvalue weighted by Crippen LogP contribution is 2.34. The van der Waals surface area contributed by atoms with E-state index in [-0.39, 0.29) is 17.4 Å². The second-order valence-electron chi connectivity index (χ2n) is 9.50. The number of hydrogen-bond acceptors (Lipinski definition) is 6. The Labute approximate surface area is 211 Å². The van der Waals surface area contributed by atoms with E-state index < -0.39 is 4.92 Å². The highest BCUT2D eigenvalue weighted by atomic mass is 16.6. The largest absolute Gasteiger partial charge is 0.434 e. The van der Waals surface area contributed by atoms with Crippen LogP contribution in [0.3, 0.4) is 0 Å². The first-order valence-electron chi connectivity index (χ1n) is 13.5. The second kappa shape index (κ2) is 16.8. The van der Waals surface area contributed by atoms with E-state index in [9.17, 15) is 10.1 Å². The van der Waals surface area contributed by atoms with E-state index in [2.05, 4.69) is 22.2 Å². The number of nitro groups is 1. The van der Waals surface area contributed by atoms with Gasteiger partial charge < -0.3 is 10.1 Å². The summed E-state index contributed by atoms with van der Waals surface area (Å²) < 4.78 is 5.74. The summed E-state index contributed by atoms with van der Waals surface area (Å²) in [5, 5.41) is 14.8. The first-order chi connectivity index (χ1) is 17.0. The van der Waals surface area contributed by atoms with Crippen molar-refractivity contribution >= 4 is 11.5 Å². The van der Waals surface area contributed by atoms with Crippen molar-refractivity contribution in [1.29, 1.82) is 0 Å². The van der Waals surface area contributed by atoms with E-state index in [0.29, 0.717) is 12.3 Å². The van der Waals surface area contributed by atoms with Crippen LogP contribution in [-0.4, -0.2) is 21.4 Å². The van der Waals surface area contributed by atoms with Crippen LogP contribution in [-0.2, 0) is 0 Å². The van der Waals surface area contributed by atoms with Gasteiger partial charge in [-0.1, -0.05) is 96.5 Å². The topological polar surface area (TPSA) is 90.2 Å². The molecular weight excluding hydrogens is 440 g/mol. The van der Waals surface area contributed by atoms with Gasteiger partial charge in [-0.2, -0.15) is 4.98 Å². The van der Waals surface area contributed by atoms with Gasteiger partial charge >= 0.3 is 11.6 Å². The minimum absolute atomic E-state index is 0.0447. The lowest BCUT2D eigenvalue weighted by molar-refractivity contribution is -0.385. The number of ether oxygens (including phenoxy) is 1. The van der Waals surface area contributed by atoms with Gasteiger partial charge in [0.1, 0.15) is 12.1 Å². The van der Waals surface area contributed by atoms with Crippen molar-refractivity contribution in [2.45, 2.75) is 111 Å². The van der Waals surface area contributed by atoms with Crippen LogP contribution < -0.4 is 10.1 Å². The lowest BCUT2D eigenvalue weighted by Gasteiger charge is -2.10. The van der Waals surface area contributed by atoms with Crippen LogP contribution in [0.1, 0.15) is 108 Å². The number of hydrogen-bond donors (Lipinski definition) is 1. The molecule has 0 amide bonds. The highest BCUT2D eigenvalue weighted by Gasteiger charge is 2.25. The summed E-state index contributed by atoms with van der Waals surface area (Å²) in [5.41, 5.74) is 1.96. The molecular formula is C28H44N4O3. The third kappa shape index (κ3) is 11.1. The number of anilines is 1. The first kappa shape index (κ1) is 28.5. The Hall–Kier alpha value is -2.70. The fourth-order valence-corrected chi connectivity index (χ4v) is 4.15. The van der Waals surface area contributed by atoms with Crippen molar-refractivity contribution in [2.24, 2.45) is 0 Å². The van der Waals surface area contributed by atoms with Crippen molar-refractivity contribution in [3.05, 3.63) is 45.8 Å². The van der Waals surface area contributed by atoms with Crippen molar-refractivity contribution in [2.75, 3.05) is 11.9 Å². The van der Waals surface area contributed by atoms with Crippen LogP contribution in [0.25, 0.3) is 0 Å². The third-order valence-electron chi connectivity index (χ3n) is 6.49. The molecule has 0 saturated carbocycles. The maximum absolute atomic E-state index is 11.7. The Morgan fingerprint density at radius 3 is 1.94 bits per heavy atom. The van der Waals surface area contributed by atoms with Crippen LogP contribution in [0.2, 0.25) is 0 Å². The fourth-order valence-electron chi connectivity index (χ4n) is 4.15. The molecule has 7 heteroatoms. The number of nitrogens with one attached hydrogen (secondary N) is 1. The monoisotopic (exact) mass is 484 g/mol. The van der Waals surface area contributed by atoms with E-state index in [4.69, 9.17) is 4.74 Å². The van der Waals surface area contributed by atoms with Crippen molar-refractivity contribution in [3.63, 3.8) is 0 Å². The molecule has 194 valence electrons. The van der Waals surface area contributed by atoms with Gasteiger partial charge in [-0.25, -0.2) is 4.98 Å². The molecule has 0 bridgehead atoms. The maximum atomic E-state index is 11.7. The van der Waals surface area contributed by atoms with E-state index in [1.54, 1.807) is 6.07 Å². The van der Waals surface area contributed by atoms with Crippen LogP contribution in [0.4, 0.5) is 11.5 Å². The number of nitrogens with zero attached hydrogens (tertiary/aromatic N) is 3. The van der Waals surface area contributed by atoms with Gasteiger partial charge in [-0.3, -0.25) is 10.1 Å². The molecule has 0 spiro atoms. The minimum Gasteiger partial charge on any atom is -0.434 e. The number of unbranched alkanes of at least 4 members (excludes halogenated alkanes) is 13. The Morgan fingerprint density at radius 2 is 1.40 bits per heavy atom. The summed E-state index contributed by atoms with van der Waals surface area (Å²) in [4.78, 5) is 19.3. The van der Waals surface area contributed by atoms with Gasteiger partial charge in [-0.15, -0.1) is 0 Å². The number of aryl methyl sites for hydroxylation is 2.